The summed E-state index contributed by atoms with van der Waals surface area (Å²) in [6.07, 6.45) is 4.37. The van der Waals surface area contributed by atoms with Gasteiger partial charge < -0.3 is 9.30 Å². The number of hydrogen-bond donors (Lipinski definition) is 0. The maximum absolute atomic E-state index is 7.37. The number of aromatic nitrogens is 3. The standard InChI is InChI=1S/C54H35N3O/c1-3-16-34(17-4-1)36-32-45(35-18-5-2-6-19-35)55-50(33-36)57-47-27-12-8-21-38(47)40-30-31-44-53(52(40)57)58-49-29-14-10-24-42(49)54(44)41-23-9-13-28-48(41)56-46-26-11-7-20-37(46)39-22-15-25-43(54)51(39)56/h1-14,16-24,26-33H,15,25H2. The summed E-state index contributed by atoms with van der Waals surface area (Å²) in [5, 5.41) is 6.26. The summed E-state index contributed by atoms with van der Waals surface area (Å²) in [4.78, 5) is 5.51. The Morgan fingerprint density at radius 1 is 0.517 bits per heavy atom. The first-order valence-electron chi connectivity index (χ1n) is 20.2. The monoisotopic (exact) mass is 741 g/mol. The molecule has 13 rings (SSSR count). The summed E-state index contributed by atoms with van der Waals surface area (Å²) in [7, 11) is 0. The third-order valence-corrected chi connectivity index (χ3v) is 12.9. The van der Waals surface area contributed by atoms with Gasteiger partial charge in [0.1, 0.15) is 11.6 Å². The molecule has 1 spiro atoms. The molecule has 0 bridgehead atoms. The molecular weight excluding hydrogens is 707 g/mol. The first-order valence-corrected chi connectivity index (χ1v) is 20.2. The van der Waals surface area contributed by atoms with Crippen LogP contribution in [0.25, 0.3) is 78.2 Å². The molecule has 272 valence electrons. The average Bonchev–Trinajstić information content (AvgIpc) is 3.82. The van der Waals surface area contributed by atoms with Gasteiger partial charge in [-0.05, 0) is 71.5 Å². The minimum absolute atomic E-state index is 0.599. The van der Waals surface area contributed by atoms with Gasteiger partial charge in [-0.3, -0.25) is 4.57 Å². The molecule has 3 aromatic heterocycles. The molecule has 1 atom stereocenters. The van der Waals surface area contributed by atoms with Gasteiger partial charge in [0.2, 0.25) is 0 Å². The zero-order valence-corrected chi connectivity index (χ0v) is 31.6. The lowest BCUT2D eigenvalue weighted by Crippen LogP contribution is -2.47. The van der Waals surface area contributed by atoms with Gasteiger partial charge >= 0.3 is 0 Å². The Labute approximate surface area is 334 Å². The van der Waals surface area contributed by atoms with Crippen molar-refractivity contribution in [3.8, 4) is 45.4 Å². The van der Waals surface area contributed by atoms with Crippen molar-refractivity contribution >= 4 is 44.4 Å². The van der Waals surface area contributed by atoms with Crippen molar-refractivity contribution in [1.82, 2.24) is 14.1 Å². The van der Waals surface area contributed by atoms with Crippen molar-refractivity contribution in [1.29, 1.82) is 0 Å². The molecule has 7 aromatic carbocycles. The van der Waals surface area contributed by atoms with Gasteiger partial charge in [0.25, 0.3) is 0 Å². The van der Waals surface area contributed by atoms with Crippen LogP contribution in [0.5, 0.6) is 11.5 Å². The van der Waals surface area contributed by atoms with Gasteiger partial charge in [-0.2, -0.15) is 0 Å². The second kappa shape index (κ2) is 11.8. The van der Waals surface area contributed by atoms with Crippen LogP contribution in [0.2, 0.25) is 0 Å². The number of benzene rings is 7. The van der Waals surface area contributed by atoms with Gasteiger partial charge in [-0.1, -0.05) is 152 Å². The number of rotatable bonds is 3. The van der Waals surface area contributed by atoms with E-state index < -0.39 is 5.41 Å². The molecule has 1 aliphatic carbocycles. The number of nitrogens with zero attached hydrogens (tertiary/aromatic N) is 3. The fourth-order valence-corrected chi connectivity index (χ4v) is 10.6. The zero-order chi connectivity index (χ0) is 38.0. The van der Waals surface area contributed by atoms with E-state index in [4.69, 9.17) is 9.72 Å². The van der Waals surface area contributed by atoms with Gasteiger partial charge in [0.05, 0.1) is 38.7 Å². The molecule has 0 amide bonds. The fourth-order valence-electron chi connectivity index (χ4n) is 10.6. The second-order valence-corrected chi connectivity index (χ2v) is 15.7. The van der Waals surface area contributed by atoms with Gasteiger partial charge in [-0.15, -0.1) is 0 Å². The summed E-state index contributed by atoms with van der Waals surface area (Å²) in [6.45, 7) is 0. The summed E-state index contributed by atoms with van der Waals surface area (Å²) >= 11 is 0. The van der Waals surface area contributed by atoms with E-state index in [-0.39, 0.29) is 0 Å². The molecule has 2 aliphatic heterocycles. The van der Waals surface area contributed by atoms with Crippen molar-refractivity contribution in [2.45, 2.75) is 18.3 Å². The maximum Gasteiger partial charge on any atom is 0.156 e. The number of pyridine rings is 1. The highest BCUT2D eigenvalue weighted by Gasteiger charge is 2.51. The number of fused-ring (bicyclic) bond motifs is 15. The van der Waals surface area contributed by atoms with E-state index in [0.717, 1.165) is 79.9 Å². The lowest BCUT2D eigenvalue weighted by Gasteiger charge is -2.46. The SMILES string of the molecule is C1=c2c3n(c4ccccc24)-c2ccccc2C2(C=3CC1)c1ccccc1Oc1c2ccc2c3ccccc3n(-c3cc(-c4ccccc4)cc(-c4ccccc4)n3)c12. The van der Waals surface area contributed by atoms with E-state index in [2.05, 4.69) is 197 Å². The lowest BCUT2D eigenvalue weighted by atomic mass is 9.60. The lowest BCUT2D eigenvalue weighted by molar-refractivity contribution is 0.440. The van der Waals surface area contributed by atoms with Gasteiger partial charge in [0, 0.05) is 38.1 Å². The minimum Gasteiger partial charge on any atom is -0.454 e. The topological polar surface area (TPSA) is 32.0 Å². The van der Waals surface area contributed by atoms with Crippen LogP contribution in [-0.2, 0) is 5.41 Å². The molecule has 4 heteroatoms. The van der Waals surface area contributed by atoms with Crippen LogP contribution in [0.4, 0.5) is 0 Å². The van der Waals surface area contributed by atoms with Crippen LogP contribution in [-0.4, -0.2) is 14.1 Å². The summed E-state index contributed by atoms with van der Waals surface area (Å²) in [6, 6.07) is 65.8. The van der Waals surface area contributed by atoms with Crippen LogP contribution in [0.3, 0.4) is 0 Å². The quantitative estimate of drug-likeness (QED) is 0.181. The van der Waals surface area contributed by atoms with Gasteiger partial charge in [0.15, 0.2) is 5.75 Å². The Balaban J connectivity index is 1.20. The Morgan fingerprint density at radius 3 is 2.02 bits per heavy atom. The van der Waals surface area contributed by atoms with Crippen molar-refractivity contribution in [3.05, 3.63) is 209 Å². The molecule has 10 aromatic rings. The predicted molar refractivity (Wildman–Crippen MR) is 235 cm³/mol. The minimum atomic E-state index is -0.599. The highest BCUT2D eigenvalue weighted by atomic mass is 16.5. The normalized spacial score (nSPS) is 16.1. The van der Waals surface area contributed by atoms with Crippen LogP contribution in [0.15, 0.2) is 182 Å². The number of hydrogen-bond acceptors (Lipinski definition) is 2. The fraction of sp³-hybridized carbons (Fsp3) is 0.0556. The molecule has 1 unspecified atom stereocenters. The summed E-state index contributed by atoms with van der Waals surface area (Å²) in [5.41, 5.74) is 13.3. The first-order chi connectivity index (χ1) is 28.8. The Kier molecular flexibility index (Phi) is 6.45. The van der Waals surface area contributed by atoms with E-state index in [1.807, 2.05) is 0 Å². The molecule has 58 heavy (non-hydrogen) atoms. The molecule has 0 radical (unpaired) electrons. The highest BCUT2D eigenvalue weighted by Crippen LogP contribution is 2.61. The van der Waals surface area contributed by atoms with E-state index in [9.17, 15) is 0 Å². The van der Waals surface area contributed by atoms with Gasteiger partial charge in [-0.25, -0.2) is 4.98 Å². The molecule has 5 heterocycles. The third-order valence-electron chi connectivity index (χ3n) is 12.9. The zero-order valence-electron chi connectivity index (χ0n) is 31.6. The Hall–Kier alpha value is -7.43. The van der Waals surface area contributed by atoms with Crippen LogP contribution in [0.1, 0.15) is 29.5 Å². The maximum atomic E-state index is 7.37. The number of ether oxygens (including phenoxy) is 1. The number of para-hydroxylation sites is 4. The molecule has 0 fully saturated rings. The average molecular weight is 742 g/mol. The molecule has 0 saturated heterocycles. The van der Waals surface area contributed by atoms with Crippen LogP contribution < -0.4 is 15.3 Å². The van der Waals surface area contributed by atoms with Crippen molar-refractivity contribution in [3.63, 3.8) is 0 Å². The van der Waals surface area contributed by atoms with Crippen molar-refractivity contribution < 1.29 is 4.74 Å². The van der Waals surface area contributed by atoms with Crippen LogP contribution >= 0.6 is 0 Å². The Morgan fingerprint density at radius 2 is 1.19 bits per heavy atom. The summed E-state index contributed by atoms with van der Waals surface area (Å²) in [5.74, 6) is 2.62. The first kappa shape index (κ1) is 31.7. The van der Waals surface area contributed by atoms with E-state index in [0.29, 0.717) is 0 Å². The van der Waals surface area contributed by atoms with Crippen molar-refractivity contribution in [2.75, 3.05) is 0 Å². The molecular formula is C54H35N3O. The highest BCUT2D eigenvalue weighted by molar-refractivity contribution is 6.12. The summed E-state index contributed by atoms with van der Waals surface area (Å²) < 4.78 is 12.3. The van der Waals surface area contributed by atoms with Crippen LogP contribution in [0, 0.1) is 0 Å². The molecule has 0 N–H and O–H groups in total. The second-order valence-electron chi connectivity index (χ2n) is 15.7. The van der Waals surface area contributed by atoms with E-state index in [1.54, 1.807) is 0 Å². The van der Waals surface area contributed by atoms with E-state index in [1.165, 1.54) is 43.9 Å². The van der Waals surface area contributed by atoms with E-state index >= 15 is 0 Å². The molecule has 4 nitrogen and oxygen atoms in total. The molecule has 0 saturated carbocycles. The van der Waals surface area contributed by atoms with Crippen molar-refractivity contribution in [2.24, 2.45) is 0 Å². The predicted octanol–water partition coefficient (Wildman–Crippen LogP) is 11.6. The Bertz CT molecular complexity index is 3430. The smallest absolute Gasteiger partial charge is 0.156 e. The third kappa shape index (κ3) is 4.11. The molecule has 3 aliphatic rings. The largest absolute Gasteiger partial charge is 0.454 e.